The molecule has 1 saturated carbocycles. The molecule has 5 nitrogen and oxygen atoms in total. The summed E-state index contributed by atoms with van der Waals surface area (Å²) in [6.07, 6.45) is -0.185. The summed E-state index contributed by atoms with van der Waals surface area (Å²) in [6.45, 7) is 1.73. The van der Waals surface area contributed by atoms with Crippen molar-refractivity contribution < 1.29 is 24.0 Å². The summed E-state index contributed by atoms with van der Waals surface area (Å²) in [4.78, 5) is 23.2. The number of hydrogen-bond acceptors (Lipinski definition) is 3. The Bertz CT molecular complexity index is 601. The predicted octanol–water partition coefficient (Wildman–Crippen LogP) is 2.40. The molecule has 2 N–H and O–H groups in total. The molecule has 1 fully saturated rings. The van der Waals surface area contributed by atoms with Crippen molar-refractivity contribution >= 4 is 34.3 Å². The number of hydrogen-bond donors (Lipinski definition) is 2. The number of carbonyl (C=O) groups is 2. The van der Waals surface area contributed by atoms with E-state index in [4.69, 9.17) is 11.6 Å². The fraction of sp³-hybridized carbons (Fsp3) is 0.429. The van der Waals surface area contributed by atoms with Gasteiger partial charge in [0, 0.05) is 5.25 Å². The Morgan fingerprint density at radius 3 is 2.29 bits per heavy atom. The van der Waals surface area contributed by atoms with Crippen molar-refractivity contribution in [3.05, 3.63) is 29.3 Å². The van der Waals surface area contributed by atoms with Crippen LogP contribution >= 0.6 is 11.6 Å². The highest BCUT2D eigenvalue weighted by Gasteiger charge is 2.56. The summed E-state index contributed by atoms with van der Waals surface area (Å²) >= 11 is 6.02. The van der Waals surface area contributed by atoms with Crippen molar-refractivity contribution in [2.45, 2.75) is 29.9 Å². The van der Waals surface area contributed by atoms with Crippen LogP contribution in [0.15, 0.2) is 29.2 Å². The highest BCUT2D eigenvalue weighted by molar-refractivity contribution is 7.85. The second kappa shape index (κ2) is 5.77. The number of carboxylic acids is 2. The van der Waals surface area contributed by atoms with E-state index in [2.05, 4.69) is 0 Å². The third kappa shape index (κ3) is 2.70. The molecule has 1 aromatic carbocycles. The highest BCUT2D eigenvalue weighted by atomic mass is 35.5. The maximum Gasteiger partial charge on any atom is 0.321 e. The number of carboxylic acid groups (broad SMARTS) is 2. The largest absolute Gasteiger partial charge is 0.480 e. The fourth-order valence-electron chi connectivity index (χ4n) is 2.81. The minimum atomic E-state index is -1.86. The first-order chi connectivity index (χ1) is 9.79. The molecule has 3 atom stereocenters. The van der Waals surface area contributed by atoms with Gasteiger partial charge in [0.05, 0.1) is 20.7 Å². The zero-order valence-electron chi connectivity index (χ0n) is 11.3. The Hall–Kier alpha value is -1.40. The van der Waals surface area contributed by atoms with Crippen molar-refractivity contribution in [2.75, 3.05) is 0 Å². The van der Waals surface area contributed by atoms with E-state index in [1.165, 1.54) is 0 Å². The SMILES string of the molecule is C[C@@H]1CC(C(=O)O)(C(=O)O)C[C@@H]1S(=O)c1ccccc1Cl. The molecule has 0 aromatic heterocycles. The maximum absolute atomic E-state index is 12.7. The zero-order chi connectivity index (χ0) is 15.8. The molecule has 0 heterocycles. The van der Waals surface area contributed by atoms with E-state index in [-0.39, 0.29) is 18.8 Å². The number of rotatable bonds is 4. The molecule has 1 aliphatic carbocycles. The molecule has 0 spiro atoms. The Morgan fingerprint density at radius 1 is 1.24 bits per heavy atom. The lowest BCUT2D eigenvalue weighted by Crippen LogP contribution is -2.37. The van der Waals surface area contributed by atoms with Crippen molar-refractivity contribution in [2.24, 2.45) is 11.3 Å². The predicted molar refractivity (Wildman–Crippen MR) is 77.8 cm³/mol. The molecule has 0 radical (unpaired) electrons. The Kier molecular flexibility index (Phi) is 4.39. The summed E-state index contributed by atoms with van der Waals surface area (Å²) in [5.41, 5.74) is -1.86. The van der Waals surface area contributed by atoms with E-state index in [0.29, 0.717) is 9.92 Å². The van der Waals surface area contributed by atoms with E-state index in [1.807, 2.05) is 0 Å². The molecule has 21 heavy (non-hydrogen) atoms. The van der Waals surface area contributed by atoms with Crippen LogP contribution in [-0.4, -0.2) is 31.6 Å². The Labute approximate surface area is 129 Å². The van der Waals surface area contributed by atoms with Crippen LogP contribution in [-0.2, 0) is 20.4 Å². The van der Waals surface area contributed by atoms with Gasteiger partial charge in [-0.25, -0.2) is 0 Å². The zero-order valence-corrected chi connectivity index (χ0v) is 12.9. The van der Waals surface area contributed by atoms with Gasteiger partial charge in [-0.15, -0.1) is 0 Å². The van der Waals surface area contributed by atoms with E-state index < -0.39 is 33.4 Å². The summed E-state index contributed by atoms with van der Waals surface area (Å²) < 4.78 is 12.7. The molecule has 1 aliphatic rings. The second-order valence-corrected chi connectivity index (χ2v) is 7.39. The average Bonchev–Trinajstić information content (AvgIpc) is 2.78. The van der Waals surface area contributed by atoms with Crippen LogP contribution in [0.2, 0.25) is 5.02 Å². The Morgan fingerprint density at radius 2 is 1.81 bits per heavy atom. The van der Waals surface area contributed by atoms with Crippen molar-refractivity contribution in [1.82, 2.24) is 0 Å². The molecule has 0 saturated heterocycles. The van der Waals surface area contributed by atoms with Crippen molar-refractivity contribution in [3.63, 3.8) is 0 Å². The number of halogens is 1. The summed E-state index contributed by atoms with van der Waals surface area (Å²) in [6, 6.07) is 6.63. The average molecular weight is 331 g/mol. The standard InChI is InChI=1S/C14H15ClO5S/c1-8-6-14(12(16)17,13(18)19)7-11(8)21(20)10-5-3-2-4-9(10)15/h2-5,8,11H,6-7H2,1H3,(H,16,17)(H,18,19)/t8-,11+,21?/m1/s1. The molecule has 0 amide bonds. The van der Waals surface area contributed by atoms with Gasteiger partial charge < -0.3 is 10.2 Å². The number of benzene rings is 1. The summed E-state index contributed by atoms with van der Waals surface area (Å²) in [5, 5.41) is 18.3. The van der Waals surface area contributed by atoms with Crippen LogP contribution in [0.1, 0.15) is 19.8 Å². The first-order valence-electron chi connectivity index (χ1n) is 6.41. The molecule has 7 heteroatoms. The van der Waals surface area contributed by atoms with Gasteiger partial charge in [-0.1, -0.05) is 30.7 Å². The molecular weight excluding hydrogens is 316 g/mol. The highest BCUT2D eigenvalue weighted by Crippen LogP contribution is 2.46. The lowest BCUT2D eigenvalue weighted by atomic mass is 9.86. The van der Waals surface area contributed by atoms with Gasteiger partial charge in [0.1, 0.15) is 0 Å². The lowest BCUT2D eigenvalue weighted by molar-refractivity contribution is -0.164. The first-order valence-corrected chi connectivity index (χ1v) is 8.00. The molecule has 0 aliphatic heterocycles. The molecule has 114 valence electrons. The van der Waals surface area contributed by atoms with E-state index in [9.17, 15) is 24.0 Å². The third-order valence-corrected chi connectivity index (χ3v) is 6.41. The van der Waals surface area contributed by atoms with Crippen molar-refractivity contribution in [3.8, 4) is 0 Å². The van der Waals surface area contributed by atoms with Gasteiger partial charge in [0.2, 0.25) is 0 Å². The molecule has 1 unspecified atom stereocenters. The van der Waals surface area contributed by atoms with Crippen LogP contribution in [0, 0.1) is 11.3 Å². The van der Waals surface area contributed by atoms with Crippen LogP contribution in [0.4, 0.5) is 0 Å². The van der Waals surface area contributed by atoms with E-state index in [0.717, 1.165) is 0 Å². The number of aliphatic carboxylic acids is 2. The second-order valence-electron chi connectivity index (χ2n) is 5.34. The van der Waals surface area contributed by atoms with Gasteiger partial charge in [-0.3, -0.25) is 13.8 Å². The molecule has 0 bridgehead atoms. The first kappa shape index (κ1) is 16.0. The fourth-order valence-corrected chi connectivity index (χ4v) is 4.92. The third-order valence-electron chi connectivity index (χ3n) is 4.00. The van der Waals surface area contributed by atoms with Gasteiger partial charge in [-0.05, 0) is 30.9 Å². The van der Waals surface area contributed by atoms with Crippen LogP contribution < -0.4 is 0 Å². The lowest BCUT2D eigenvalue weighted by Gasteiger charge is -2.18. The quantitative estimate of drug-likeness (QED) is 0.827. The van der Waals surface area contributed by atoms with Crippen LogP contribution in [0.5, 0.6) is 0 Å². The Balaban J connectivity index is 2.34. The molecule has 1 aromatic rings. The van der Waals surface area contributed by atoms with Gasteiger partial charge in [0.15, 0.2) is 5.41 Å². The van der Waals surface area contributed by atoms with Crippen LogP contribution in [0.3, 0.4) is 0 Å². The van der Waals surface area contributed by atoms with Crippen LogP contribution in [0.25, 0.3) is 0 Å². The molecule has 2 rings (SSSR count). The summed E-state index contributed by atoms with van der Waals surface area (Å²) in [7, 11) is -1.54. The smallest absolute Gasteiger partial charge is 0.321 e. The minimum absolute atomic E-state index is 0.0292. The molecular formula is C14H15ClO5S. The summed E-state index contributed by atoms with van der Waals surface area (Å²) in [5.74, 6) is -3.03. The monoisotopic (exact) mass is 330 g/mol. The topological polar surface area (TPSA) is 91.7 Å². The van der Waals surface area contributed by atoms with Gasteiger partial charge in [-0.2, -0.15) is 0 Å². The van der Waals surface area contributed by atoms with E-state index in [1.54, 1.807) is 31.2 Å². The van der Waals surface area contributed by atoms with Crippen molar-refractivity contribution in [1.29, 1.82) is 0 Å². The minimum Gasteiger partial charge on any atom is -0.480 e. The van der Waals surface area contributed by atoms with Gasteiger partial charge in [0.25, 0.3) is 0 Å². The maximum atomic E-state index is 12.7. The normalized spacial score (nSPS) is 25.4. The van der Waals surface area contributed by atoms with Gasteiger partial charge >= 0.3 is 11.9 Å². The van der Waals surface area contributed by atoms with E-state index >= 15 is 0 Å².